The fourth-order valence-electron chi connectivity index (χ4n) is 2.54. The zero-order valence-corrected chi connectivity index (χ0v) is 10.4. The van der Waals surface area contributed by atoms with Crippen molar-refractivity contribution in [3.8, 4) is 0 Å². The Morgan fingerprint density at radius 3 is 2.72 bits per heavy atom. The van der Waals surface area contributed by atoms with E-state index < -0.39 is 11.9 Å². The fourth-order valence-corrected chi connectivity index (χ4v) is 2.54. The van der Waals surface area contributed by atoms with Gasteiger partial charge in [-0.25, -0.2) is 0 Å². The topological polar surface area (TPSA) is 71.3 Å². The average molecular weight is 250 g/mol. The molecule has 0 aliphatic heterocycles. The number of aliphatic carboxylic acids is 1. The molecule has 18 heavy (non-hydrogen) atoms. The van der Waals surface area contributed by atoms with Crippen molar-refractivity contribution in [3.63, 3.8) is 0 Å². The van der Waals surface area contributed by atoms with Gasteiger partial charge in [0.2, 0.25) is 0 Å². The third kappa shape index (κ3) is 2.55. The molecule has 5 nitrogen and oxygen atoms in total. The van der Waals surface area contributed by atoms with Gasteiger partial charge in [-0.3, -0.25) is 9.59 Å². The van der Waals surface area contributed by atoms with Crippen LogP contribution in [-0.4, -0.2) is 27.6 Å². The summed E-state index contributed by atoms with van der Waals surface area (Å²) in [6.45, 7) is 0. The lowest BCUT2D eigenvalue weighted by Gasteiger charge is -2.29. The van der Waals surface area contributed by atoms with Gasteiger partial charge in [0, 0.05) is 19.3 Å². The number of carbonyl (C=O) groups excluding carboxylic acids is 1. The number of aromatic nitrogens is 1. The summed E-state index contributed by atoms with van der Waals surface area (Å²) in [5, 5.41) is 12.0. The predicted molar refractivity (Wildman–Crippen MR) is 66.3 cm³/mol. The van der Waals surface area contributed by atoms with E-state index in [0.29, 0.717) is 12.1 Å². The molecule has 1 aliphatic rings. The number of amides is 1. The van der Waals surface area contributed by atoms with E-state index in [4.69, 9.17) is 5.11 Å². The summed E-state index contributed by atoms with van der Waals surface area (Å²) in [5.41, 5.74) is 0.560. The Morgan fingerprint density at radius 2 is 2.11 bits per heavy atom. The molecular formula is C13H18N2O3. The highest BCUT2D eigenvalue weighted by molar-refractivity contribution is 5.93. The molecule has 0 radical (unpaired) electrons. The molecule has 1 aromatic heterocycles. The van der Waals surface area contributed by atoms with Crippen molar-refractivity contribution in [2.24, 2.45) is 13.0 Å². The molecule has 0 saturated heterocycles. The molecule has 1 saturated carbocycles. The Hall–Kier alpha value is -1.78. The van der Waals surface area contributed by atoms with Crippen molar-refractivity contribution >= 4 is 11.9 Å². The summed E-state index contributed by atoms with van der Waals surface area (Å²) >= 11 is 0. The van der Waals surface area contributed by atoms with Crippen LogP contribution in [0.15, 0.2) is 18.3 Å². The monoisotopic (exact) mass is 250 g/mol. The number of hydrogen-bond acceptors (Lipinski definition) is 2. The molecule has 1 aliphatic carbocycles. The van der Waals surface area contributed by atoms with Crippen molar-refractivity contribution < 1.29 is 14.7 Å². The van der Waals surface area contributed by atoms with Crippen LogP contribution in [0.3, 0.4) is 0 Å². The number of carbonyl (C=O) groups is 2. The van der Waals surface area contributed by atoms with Crippen LogP contribution in [0, 0.1) is 5.92 Å². The second kappa shape index (κ2) is 5.25. The normalized spacial score (nSPS) is 23.6. The van der Waals surface area contributed by atoms with Crippen molar-refractivity contribution in [1.29, 1.82) is 0 Å². The summed E-state index contributed by atoms with van der Waals surface area (Å²) in [6, 6.07) is 3.27. The zero-order chi connectivity index (χ0) is 13.1. The van der Waals surface area contributed by atoms with Crippen LogP contribution in [0.4, 0.5) is 0 Å². The van der Waals surface area contributed by atoms with E-state index in [-0.39, 0.29) is 11.9 Å². The third-order valence-corrected chi connectivity index (χ3v) is 3.58. The lowest BCUT2D eigenvalue weighted by atomic mass is 9.84. The van der Waals surface area contributed by atoms with E-state index in [9.17, 15) is 9.59 Å². The van der Waals surface area contributed by atoms with Crippen LogP contribution in [0.25, 0.3) is 0 Å². The summed E-state index contributed by atoms with van der Waals surface area (Å²) in [7, 11) is 1.80. The zero-order valence-electron chi connectivity index (χ0n) is 10.4. The van der Waals surface area contributed by atoms with Gasteiger partial charge in [0.05, 0.1) is 5.92 Å². The molecule has 1 fully saturated rings. The molecule has 2 N–H and O–H groups in total. The van der Waals surface area contributed by atoms with Gasteiger partial charge in [0.15, 0.2) is 0 Å². The Labute approximate surface area is 106 Å². The van der Waals surface area contributed by atoms with Gasteiger partial charge in [-0.1, -0.05) is 12.8 Å². The number of nitrogens with zero attached hydrogens (tertiary/aromatic N) is 1. The predicted octanol–water partition coefficient (Wildman–Crippen LogP) is 1.40. The lowest BCUT2D eigenvalue weighted by Crippen LogP contribution is -2.45. The van der Waals surface area contributed by atoms with Crippen molar-refractivity contribution in [2.45, 2.75) is 31.7 Å². The number of aryl methyl sites for hydroxylation is 1. The van der Waals surface area contributed by atoms with Gasteiger partial charge in [-0.05, 0) is 25.0 Å². The highest BCUT2D eigenvalue weighted by Crippen LogP contribution is 2.24. The van der Waals surface area contributed by atoms with Gasteiger partial charge in [0.1, 0.15) is 5.69 Å². The number of carboxylic acid groups (broad SMARTS) is 1. The maximum atomic E-state index is 12.0. The molecule has 1 aromatic rings. The van der Waals surface area contributed by atoms with Crippen LogP contribution in [0.2, 0.25) is 0 Å². The van der Waals surface area contributed by atoms with Crippen LogP contribution in [0.5, 0.6) is 0 Å². The quantitative estimate of drug-likeness (QED) is 0.851. The minimum atomic E-state index is -0.813. The molecule has 0 bridgehead atoms. The van der Waals surface area contributed by atoms with Crippen LogP contribution >= 0.6 is 0 Å². The molecule has 5 heteroatoms. The van der Waals surface area contributed by atoms with E-state index in [1.54, 1.807) is 29.9 Å². The van der Waals surface area contributed by atoms with Crippen LogP contribution < -0.4 is 5.32 Å². The standard InChI is InChI=1S/C13H18N2O3/c1-15-8-4-7-11(15)12(16)14-10-6-3-2-5-9(10)13(17)18/h4,7-10H,2-3,5-6H2,1H3,(H,14,16)(H,17,18). The molecule has 1 amide bonds. The van der Waals surface area contributed by atoms with Gasteiger partial charge >= 0.3 is 5.97 Å². The van der Waals surface area contributed by atoms with E-state index in [2.05, 4.69) is 5.32 Å². The highest BCUT2D eigenvalue weighted by atomic mass is 16.4. The number of rotatable bonds is 3. The van der Waals surface area contributed by atoms with Crippen LogP contribution in [-0.2, 0) is 11.8 Å². The molecule has 98 valence electrons. The highest BCUT2D eigenvalue weighted by Gasteiger charge is 2.32. The first kappa shape index (κ1) is 12.7. The SMILES string of the molecule is Cn1cccc1C(=O)NC1CCCCC1C(=O)O. The number of hydrogen-bond donors (Lipinski definition) is 2. The Morgan fingerprint density at radius 1 is 1.39 bits per heavy atom. The van der Waals surface area contributed by atoms with Crippen molar-refractivity contribution in [1.82, 2.24) is 9.88 Å². The van der Waals surface area contributed by atoms with E-state index in [1.165, 1.54) is 0 Å². The number of carboxylic acids is 1. The second-order valence-corrected chi connectivity index (χ2v) is 4.81. The lowest BCUT2D eigenvalue weighted by molar-refractivity contribution is -0.143. The minimum Gasteiger partial charge on any atom is -0.481 e. The van der Waals surface area contributed by atoms with Gasteiger partial charge in [-0.15, -0.1) is 0 Å². The van der Waals surface area contributed by atoms with Gasteiger partial charge < -0.3 is 15.0 Å². The maximum absolute atomic E-state index is 12.0. The first-order valence-electron chi connectivity index (χ1n) is 6.24. The summed E-state index contributed by atoms with van der Waals surface area (Å²) in [4.78, 5) is 23.2. The molecule has 2 unspecified atom stereocenters. The fraction of sp³-hybridized carbons (Fsp3) is 0.538. The maximum Gasteiger partial charge on any atom is 0.308 e. The summed E-state index contributed by atoms with van der Waals surface area (Å²) < 4.78 is 1.73. The molecule has 2 atom stereocenters. The van der Waals surface area contributed by atoms with Crippen LogP contribution in [0.1, 0.15) is 36.2 Å². The van der Waals surface area contributed by atoms with Gasteiger partial charge in [0.25, 0.3) is 5.91 Å². The largest absolute Gasteiger partial charge is 0.481 e. The second-order valence-electron chi connectivity index (χ2n) is 4.81. The molecular weight excluding hydrogens is 232 g/mol. The van der Waals surface area contributed by atoms with E-state index in [0.717, 1.165) is 19.3 Å². The van der Waals surface area contributed by atoms with Crippen molar-refractivity contribution in [2.75, 3.05) is 0 Å². The minimum absolute atomic E-state index is 0.194. The molecule has 0 aromatic carbocycles. The first-order valence-corrected chi connectivity index (χ1v) is 6.24. The summed E-state index contributed by atoms with van der Waals surface area (Å²) in [6.07, 6.45) is 5.08. The van der Waals surface area contributed by atoms with Gasteiger partial charge in [-0.2, -0.15) is 0 Å². The Balaban J connectivity index is 2.05. The Kier molecular flexibility index (Phi) is 3.69. The van der Waals surface area contributed by atoms with E-state index in [1.807, 2.05) is 0 Å². The molecule has 0 spiro atoms. The Bertz CT molecular complexity index is 453. The molecule has 2 rings (SSSR count). The van der Waals surface area contributed by atoms with Crippen molar-refractivity contribution in [3.05, 3.63) is 24.0 Å². The average Bonchev–Trinajstić information content (AvgIpc) is 2.76. The molecule has 1 heterocycles. The number of nitrogens with one attached hydrogen (secondary N) is 1. The smallest absolute Gasteiger partial charge is 0.308 e. The summed E-state index contributed by atoms with van der Waals surface area (Å²) in [5.74, 6) is -1.46. The van der Waals surface area contributed by atoms with E-state index >= 15 is 0 Å². The first-order chi connectivity index (χ1) is 8.59. The third-order valence-electron chi connectivity index (χ3n) is 3.58.